The molecule has 86 valence electrons. The highest BCUT2D eigenvalue weighted by molar-refractivity contribution is 7.16. The molecule has 0 unspecified atom stereocenters. The van der Waals surface area contributed by atoms with E-state index in [1.54, 1.807) is 29.0 Å². The van der Waals surface area contributed by atoms with Crippen LogP contribution in [0, 0.1) is 0 Å². The smallest absolute Gasteiger partial charge is 0.138 e. The van der Waals surface area contributed by atoms with Gasteiger partial charge in [-0.25, -0.2) is 9.97 Å². The maximum Gasteiger partial charge on any atom is 0.138 e. The Morgan fingerprint density at radius 3 is 3.00 bits per heavy atom. The largest absolute Gasteiger partial charge is 0.369 e. The van der Waals surface area contributed by atoms with E-state index in [0.29, 0.717) is 0 Å². The van der Waals surface area contributed by atoms with Gasteiger partial charge in [-0.05, 0) is 29.3 Å². The first-order valence-corrected chi connectivity index (χ1v) is 7.14. The second kappa shape index (κ2) is 4.81. The molecule has 0 aromatic carbocycles. The Morgan fingerprint density at radius 1 is 1.12 bits per heavy atom. The number of thiophene rings is 2. The summed E-state index contributed by atoms with van der Waals surface area (Å²) in [5.41, 5.74) is 0. The molecule has 3 nitrogen and oxygen atoms in total. The topological polar surface area (TPSA) is 37.8 Å². The van der Waals surface area contributed by atoms with E-state index in [0.717, 1.165) is 29.0 Å². The molecule has 3 aromatic heterocycles. The number of aromatic nitrogens is 2. The molecule has 0 atom stereocenters. The number of nitrogens with one attached hydrogen (secondary N) is 1. The second-order valence-corrected chi connectivity index (χ2v) is 5.54. The van der Waals surface area contributed by atoms with Crippen molar-refractivity contribution in [3.05, 3.63) is 40.2 Å². The molecule has 0 aliphatic carbocycles. The molecular formula is C12H11N3S2. The van der Waals surface area contributed by atoms with E-state index in [4.69, 9.17) is 0 Å². The molecule has 3 aromatic rings. The van der Waals surface area contributed by atoms with Crippen molar-refractivity contribution in [2.75, 3.05) is 11.9 Å². The lowest BCUT2D eigenvalue weighted by Crippen LogP contribution is -2.05. The van der Waals surface area contributed by atoms with Gasteiger partial charge in [0.05, 0.1) is 5.39 Å². The molecule has 0 amide bonds. The van der Waals surface area contributed by atoms with Crippen molar-refractivity contribution < 1.29 is 0 Å². The summed E-state index contributed by atoms with van der Waals surface area (Å²) in [5.74, 6) is 0.938. The number of fused-ring (bicyclic) bond motifs is 1. The molecule has 0 spiro atoms. The third-order valence-corrected chi connectivity index (χ3v) is 4.26. The summed E-state index contributed by atoms with van der Waals surface area (Å²) in [5, 5.41) is 8.64. The minimum Gasteiger partial charge on any atom is -0.369 e. The SMILES string of the molecule is c1csc(CCNc2ncnc3sccc23)c1. The van der Waals surface area contributed by atoms with E-state index in [9.17, 15) is 0 Å². The zero-order chi connectivity index (χ0) is 11.5. The Balaban J connectivity index is 1.70. The first kappa shape index (κ1) is 10.7. The van der Waals surface area contributed by atoms with Gasteiger partial charge in [-0.2, -0.15) is 0 Å². The van der Waals surface area contributed by atoms with Crippen molar-refractivity contribution in [1.82, 2.24) is 9.97 Å². The van der Waals surface area contributed by atoms with Gasteiger partial charge in [0.2, 0.25) is 0 Å². The lowest BCUT2D eigenvalue weighted by Gasteiger charge is -2.04. The Labute approximate surface area is 107 Å². The highest BCUT2D eigenvalue weighted by Crippen LogP contribution is 2.23. The van der Waals surface area contributed by atoms with Gasteiger partial charge in [-0.3, -0.25) is 0 Å². The van der Waals surface area contributed by atoms with Gasteiger partial charge in [0.25, 0.3) is 0 Å². The van der Waals surface area contributed by atoms with Crippen LogP contribution in [0.4, 0.5) is 5.82 Å². The minimum atomic E-state index is 0.905. The quantitative estimate of drug-likeness (QED) is 0.782. The van der Waals surface area contributed by atoms with Crippen molar-refractivity contribution in [3.63, 3.8) is 0 Å². The highest BCUT2D eigenvalue weighted by Gasteiger charge is 2.03. The predicted molar refractivity (Wildman–Crippen MR) is 73.9 cm³/mol. The van der Waals surface area contributed by atoms with Crippen molar-refractivity contribution in [3.8, 4) is 0 Å². The van der Waals surface area contributed by atoms with Gasteiger partial charge in [0, 0.05) is 11.4 Å². The Bertz CT molecular complexity index is 601. The van der Waals surface area contributed by atoms with Crippen molar-refractivity contribution in [2.24, 2.45) is 0 Å². The van der Waals surface area contributed by atoms with Crippen LogP contribution in [0.15, 0.2) is 35.3 Å². The Hall–Kier alpha value is -1.46. The average Bonchev–Trinajstić information content (AvgIpc) is 2.99. The molecule has 0 saturated carbocycles. The summed E-state index contributed by atoms with van der Waals surface area (Å²) in [6, 6.07) is 6.31. The summed E-state index contributed by atoms with van der Waals surface area (Å²) in [7, 11) is 0. The van der Waals surface area contributed by atoms with Gasteiger partial charge in [0.1, 0.15) is 17.0 Å². The molecule has 3 heterocycles. The van der Waals surface area contributed by atoms with Crippen LogP contribution in [0.5, 0.6) is 0 Å². The molecule has 0 radical (unpaired) electrons. The van der Waals surface area contributed by atoms with Crippen molar-refractivity contribution in [1.29, 1.82) is 0 Å². The molecular weight excluding hydrogens is 250 g/mol. The molecule has 0 fully saturated rings. The van der Waals surface area contributed by atoms with Gasteiger partial charge < -0.3 is 5.32 Å². The van der Waals surface area contributed by atoms with Crippen LogP contribution < -0.4 is 5.32 Å². The van der Waals surface area contributed by atoms with Gasteiger partial charge in [-0.15, -0.1) is 22.7 Å². The maximum atomic E-state index is 4.29. The van der Waals surface area contributed by atoms with Gasteiger partial charge in [-0.1, -0.05) is 6.07 Å². The van der Waals surface area contributed by atoms with E-state index < -0.39 is 0 Å². The number of nitrogens with zero attached hydrogens (tertiary/aromatic N) is 2. The van der Waals surface area contributed by atoms with Crippen LogP contribution >= 0.6 is 22.7 Å². The summed E-state index contributed by atoms with van der Waals surface area (Å²) >= 11 is 3.44. The number of hydrogen-bond donors (Lipinski definition) is 1. The lowest BCUT2D eigenvalue weighted by molar-refractivity contribution is 1.03. The third kappa shape index (κ3) is 2.30. The first-order valence-electron chi connectivity index (χ1n) is 5.38. The van der Waals surface area contributed by atoms with E-state index in [1.165, 1.54) is 4.88 Å². The lowest BCUT2D eigenvalue weighted by atomic mass is 10.3. The average molecular weight is 261 g/mol. The monoisotopic (exact) mass is 261 g/mol. The van der Waals surface area contributed by atoms with Crippen LogP contribution in [-0.2, 0) is 6.42 Å². The highest BCUT2D eigenvalue weighted by atomic mass is 32.1. The minimum absolute atomic E-state index is 0.905. The Morgan fingerprint density at radius 2 is 2.12 bits per heavy atom. The number of rotatable bonds is 4. The fourth-order valence-corrected chi connectivity index (χ4v) is 3.13. The normalized spacial score (nSPS) is 10.8. The molecule has 0 bridgehead atoms. The van der Waals surface area contributed by atoms with Crippen molar-refractivity contribution in [2.45, 2.75) is 6.42 Å². The van der Waals surface area contributed by atoms with Gasteiger partial charge >= 0.3 is 0 Å². The van der Waals surface area contributed by atoms with Gasteiger partial charge in [0.15, 0.2) is 0 Å². The number of anilines is 1. The maximum absolute atomic E-state index is 4.29. The zero-order valence-corrected chi connectivity index (χ0v) is 10.7. The molecule has 3 rings (SSSR count). The van der Waals surface area contributed by atoms with E-state index in [1.807, 2.05) is 5.38 Å². The van der Waals surface area contributed by atoms with Crippen LogP contribution in [-0.4, -0.2) is 16.5 Å². The molecule has 0 aliphatic heterocycles. The third-order valence-electron chi connectivity index (χ3n) is 2.51. The second-order valence-electron chi connectivity index (χ2n) is 3.62. The molecule has 5 heteroatoms. The first-order chi connectivity index (χ1) is 8.43. The fourth-order valence-electron chi connectivity index (χ4n) is 1.69. The summed E-state index contributed by atoms with van der Waals surface area (Å²) in [6.07, 6.45) is 2.65. The van der Waals surface area contributed by atoms with Crippen LogP contribution in [0.3, 0.4) is 0 Å². The molecule has 0 saturated heterocycles. The summed E-state index contributed by atoms with van der Waals surface area (Å²) in [6.45, 7) is 0.905. The van der Waals surface area contributed by atoms with Crippen LogP contribution in [0.25, 0.3) is 10.2 Å². The van der Waals surface area contributed by atoms with Crippen LogP contribution in [0.2, 0.25) is 0 Å². The van der Waals surface area contributed by atoms with Crippen LogP contribution in [0.1, 0.15) is 4.88 Å². The fraction of sp³-hybridized carbons (Fsp3) is 0.167. The zero-order valence-electron chi connectivity index (χ0n) is 9.09. The summed E-state index contributed by atoms with van der Waals surface area (Å²) < 4.78 is 0. The number of hydrogen-bond acceptors (Lipinski definition) is 5. The predicted octanol–water partition coefficient (Wildman–Crippen LogP) is 3.41. The van der Waals surface area contributed by atoms with Crippen molar-refractivity contribution >= 4 is 38.7 Å². The molecule has 0 aliphatic rings. The van der Waals surface area contributed by atoms with E-state index >= 15 is 0 Å². The molecule has 1 N–H and O–H groups in total. The van der Waals surface area contributed by atoms with E-state index in [-0.39, 0.29) is 0 Å². The summed E-state index contributed by atoms with van der Waals surface area (Å²) in [4.78, 5) is 11.0. The standard InChI is InChI=1S/C12H11N3S2/c1-2-9(16-6-1)3-5-13-11-10-4-7-17-12(10)15-8-14-11/h1-2,4,6-8H,3,5H2,(H,13,14,15). The Kier molecular flexibility index (Phi) is 3.02. The molecule has 17 heavy (non-hydrogen) atoms. The van der Waals surface area contributed by atoms with E-state index in [2.05, 4.69) is 38.9 Å².